The smallest absolute Gasteiger partial charge is 0.246 e. The normalized spacial score (nSPS) is 19.4. The standard InChI is InChI=1S/C15H20N6O/c1-12-10-19(2)8-9-20(12)14(22)11-21-17-15(16-18-21)13-6-4-3-5-7-13/h3-7,12H,8-11H2,1-2H3/t12-/m1/s1. The van der Waals surface area contributed by atoms with Crippen molar-refractivity contribution in [3.8, 4) is 11.4 Å². The van der Waals surface area contributed by atoms with E-state index in [4.69, 9.17) is 0 Å². The van der Waals surface area contributed by atoms with E-state index in [1.807, 2.05) is 35.2 Å². The van der Waals surface area contributed by atoms with E-state index in [1.54, 1.807) is 0 Å². The van der Waals surface area contributed by atoms with Crippen molar-refractivity contribution in [3.63, 3.8) is 0 Å². The van der Waals surface area contributed by atoms with Gasteiger partial charge in [0.2, 0.25) is 11.7 Å². The molecule has 1 aliphatic heterocycles. The lowest BCUT2D eigenvalue weighted by molar-refractivity contribution is -0.136. The molecule has 1 saturated heterocycles. The van der Waals surface area contributed by atoms with Crippen LogP contribution in [0, 0.1) is 0 Å². The van der Waals surface area contributed by atoms with Gasteiger partial charge in [-0.1, -0.05) is 30.3 Å². The van der Waals surface area contributed by atoms with Crippen LogP contribution in [0.1, 0.15) is 6.92 Å². The predicted molar refractivity (Wildman–Crippen MR) is 81.9 cm³/mol. The maximum Gasteiger partial charge on any atom is 0.246 e. The van der Waals surface area contributed by atoms with Crippen molar-refractivity contribution in [2.45, 2.75) is 19.5 Å². The Labute approximate surface area is 129 Å². The minimum absolute atomic E-state index is 0.0395. The van der Waals surface area contributed by atoms with Crippen LogP contribution in [-0.2, 0) is 11.3 Å². The van der Waals surface area contributed by atoms with E-state index in [0.29, 0.717) is 5.82 Å². The summed E-state index contributed by atoms with van der Waals surface area (Å²) in [6.45, 7) is 4.74. The fourth-order valence-corrected chi connectivity index (χ4v) is 2.74. The van der Waals surface area contributed by atoms with Crippen molar-refractivity contribution in [1.29, 1.82) is 0 Å². The van der Waals surface area contributed by atoms with Crippen LogP contribution in [0.25, 0.3) is 11.4 Å². The molecule has 0 radical (unpaired) electrons. The summed E-state index contributed by atoms with van der Waals surface area (Å²) in [4.78, 5) is 17.9. The number of carbonyl (C=O) groups excluding carboxylic acids is 1. The Hall–Kier alpha value is -2.28. The van der Waals surface area contributed by atoms with Crippen LogP contribution in [0.2, 0.25) is 0 Å². The fourth-order valence-electron chi connectivity index (χ4n) is 2.74. The third kappa shape index (κ3) is 3.14. The van der Waals surface area contributed by atoms with Crippen molar-refractivity contribution in [2.24, 2.45) is 0 Å². The molecule has 1 aromatic heterocycles. The molecule has 3 rings (SSSR count). The molecule has 0 aliphatic carbocycles. The molecule has 1 amide bonds. The average molecular weight is 300 g/mol. The van der Waals surface area contributed by atoms with Gasteiger partial charge in [-0.2, -0.15) is 4.80 Å². The third-order valence-corrected chi connectivity index (χ3v) is 3.91. The molecule has 7 heteroatoms. The summed E-state index contributed by atoms with van der Waals surface area (Å²) in [7, 11) is 2.07. The Morgan fingerprint density at radius 2 is 2.05 bits per heavy atom. The SMILES string of the molecule is C[C@@H]1CN(C)CCN1C(=O)Cn1nnc(-c2ccccc2)n1. The summed E-state index contributed by atoms with van der Waals surface area (Å²) in [6, 6.07) is 9.84. The quantitative estimate of drug-likeness (QED) is 0.826. The van der Waals surface area contributed by atoms with Crippen molar-refractivity contribution in [3.05, 3.63) is 30.3 Å². The lowest BCUT2D eigenvalue weighted by Crippen LogP contribution is -2.53. The number of likely N-dealkylation sites (N-methyl/N-ethyl adjacent to an activating group) is 1. The molecule has 2 heterocycles. The van der Waals surface area contributed by atoms with Gasteiger partial charge < -0.3 is 9.80 Å². The second-order valence-corrected chi connectivity index (χ2v) is 5.71. The van der Waals surface area contributed by atoms with E-state index < -0.39 is 0 Å². The first kappa shape index (κ1) is 14.6. The van der Waals surface area contributed by atoms with E-state index in [0.717, 1.165) is 25.2 Å². The van der Waals surface area contributed by atoms with E-state index in [-0.39, 0.29) is 18.5 Å². The molecule has 22 heavy (non-hydrogen) atoms. The average Bonchev–Trinajstić information content (AvgIpc) is 2.96. The van der Waals surface area contributed by atoms with Crippen LogP contribution < -0.4 is 0 Å². The van der Waals surface area contributed by atoms with Gasteiger partial charge in [-0.25, -0.2) is 0 Å². The Morgan fingerprint density at radius 1 is 1.27 bits per heavy atom. The highest BCUT2D eigenvalue weighted by Gasteiger charge is 2.26. The van der Waals surface area contributed by atoms with E-state index >= 15 is 0 Å². The number of hydrogen-bond donors (Lipinski definition) is 0. The molecule has 2 aromatic rings. The second-order valence-electron chi connectivity index (χ2n) is 5.71. The topological polar surface area (TPSA) is 67.2 Å². The van der Waals surface area contributed by atoms with Crippen molar-refractivity contribution >= 4 is 5.91 Å². The highest BCUT2D eigenvalue weighted by Crippen LogP contribution is 2.12. The van der Waals surface area contributed by atoms with Crippen LogP contribution in [-0.4, -0.2) is 68.6 Å². The van der Waals surface area contributed by atoms with Gasteiger partial charge in [0.1, 0.15) is 6.54 Å². The highest BCUT2D eigenvalue weighted by molar-refractivity contribution is 5.76. The first-order valence-electron chi connectivity index (χ1n) is 7.45. The van der Waals surface area contributed by atoms with Gasteiger partial charge in [0.25, 0.3) is 0 Å². The number of rotatable bonds is 3. The van der Waals surface area contributed by atoms with Gasteiger partial charge >= 0.3 is 0 Å². The molecular formula is C15H20N6O. The summed E-state index contributed by atoms with van der Waals surface area (Å²) >= 11 is 0. The van der Waals surface area contributed by atoms with E-state index in [9.17, 15) is 4.79 Å². The zero-order chi connectivity index (χ0) is 15.5. The Bertz CT molecular complexity index is 640. The lowest BCUT2D eigenvalue weighted by atomic mass is 10.2. The molecule has 1 aliphatic rings. The number of nitrogens with zero attached hydrogens (tertiary/aromatic N) is 6. The van der Waals surface area contributed by atoms with E-state index in [2.05, 4.69) is 34.3 Å². The first-order valence-corrected chi connectivity index (χ1v) is 7.45. The molecule has 0 unspecified atom stereocenters. The summed E-state index contributed by atoms with van der Waals surface area (Å²) in [5.41, 5.74) is 0.897. The highest BCUT2D eigenvalue weighted by atomic mass is 16.2. The van der Waals surface area contributed by atoms with Gasteiger partial charge in [0.15, 0.2) is 0 Å². The van der Waals surface area contributed by atoms with Gasteiger partial charge in [-0.15, -0.1) is 10.2 Å². The second kappa shape index (κ2) is 6.23. The number of benzene rings is 1. The summed E-state index contributed by atoms with van der Waals surface area (Å²) in [5, 5.41) is 12.3. The molecule has 7 nitrogen and oxygen atoms in total. The monoisotopic (exact) mass is 300 g/mol. The zero-order valence-electron chi connectivity index (χ0n) is 12.9. The van der Waals surface area contributed by atoms with E-state index in [1.165, 1.54) is 4.80 Å². The van der Waals surface area contributed by atoms with Gasteiger partial charge in [0, 0.05) is 31.2 Å². The van der Waals surface area contributed by atoms with Crippen LogP contribution in [0.15, 0.2) is 30.3 Å². The summed E-state index contributed by atoms with van der Waals surface area (Å²) in [6.07, 6.45) is 0. The molecular weight excluding hydrogens is 280 g/mol. The predicted octanol–water partition coefficient (Wildman–Crippen LogP) is 0.503. The van der Waals surface area contributed by atoms with Crippen LogP contribution in [0.5, 0.6) is 0 Å². The minimum Gasteiger partial charge on any atom is -0.336 e. The van der Waals surface area contributed by atoms with Gasteiger partial charge in [-0.3, -0.25) is 4.79 Å². The van der Waals surface area contributed by atoms with Crippen LogP contribution >= 0.6 is 0 Å². The van der Waals surface area contributed by atoms with Crippen molar-refractivity contribution < 1.29 is 4.79 Å². The number of hydrogen-bond acceptors (Lipinski definition) is 5. The molecule has 1 atom stereocenters. The van der Waals surface area contributed by atoms with Crippen LogP contribution in [0.3, 0.4) is 0 Å². The maximum absolute atomic E-state index is 12.4. The lowest BCUT2D eigenvalue weighted by Gasteiger charge is -2.38. The van der Waals surface area contributed by atoms with Crippen molar-refractivity contribution in [2.75, 3.05) is 26.7 Å². The molecule has 0 N–H and O–H groups in total. The summed E-state index contributed by atoms with van der Waals surface area (Å²) < 4.78 is 0. The number of aromatic nitrogens is 4. The number of piperazine rings is 1. The van der Waals surface area contributed by atoms with Gasteiger partial charge in [0.05, 0.1) is 0 Å². The molecule has 1 aromatic carbocycles. The molecule has 116 valence electrons. The summed E-state index contributed by atoms with van der Waals surface area (Å²) in [5.74, 6) is 0.581. The molecule has 0 bridgehead atoms. The van der Waals surface area contributed by atoms with Crippen LogP contribution in [0.4, 0.5) is 0 Å². The molecule has 1 fully saturated rings. The van der Waals surface area contributed by atoms with Gasteiger partial charge in [-0.05, 0) is 19.2 Å². The Balaban J connectivity index is 1.66. The third-order valence-electron chi connectivity index (χ3n) is 3.91. The van der Waals surface area contributed by atoms with Crippen molar-refractivity contribution in [1.82, 2.24) is 30.0 Å². The fraction of sp³-hybridized carbons (Fsp3) is 0.467. The number of tetrazole rings is 1. The minimum atomic E-state index is 0.0395. The number of carbonyl (C=O) groups is 1. The zero-order valence-corrected chi connectivity index (χ0v) is 12.9. The first-order chi connectivity index (χ1) is 10.6. The number of amides is 1. The Morgan fingerprint density at radius 3 is 2.77 bits per heavy atom. The maximum atomic E-state index is 12.4. The molecule has 0 saturated carbocycles. The largest absolute Gasteiger partial charge is 0.336 e. The Kier molecular flexibility index (Phi) is 4.15. The molecule has 0 spiro atoms.